The van der Waals surface area contributed by atoms with Gasteiger partial charge >= 0.3 is 19.8 Å². The summed E-state index contributed by atoms with van der Waals surface area (Å²) in [5.74, 6) is -0.775. The van der Waals surface area contributed by atoms with Crippen LogP contribution in [-0.4, -0.2) is 74.9 Å². The first-order chi connectivity index (χ1) is 31.5. The van der Waals surface area contributed by atoms with E-state index in [1.54, 1.807) is 0 Å². The Balaban J connectivity index is 4.08. The smallest absolute Gasteiger partial charge is 0.462 e. The van der Waals surface area contributed by atoms with Crippen molar-refractivity contribution in [2.45, 2.75) is 296 Å². The fourth-order valence-electron chi connectivity index (χ4n) is 8.49. The summed E-state index contributed by atoms with van der Waals surface area (Å²) in [4.78, 5) is 35.6. The van der Waals surface area contributed by atoms with Crippen molar-refractivity contribution in [1.82, 2.24) is 0 Å². The molecule has 0 aromatic rings. The van der Waals surface area contributed by atoms with E-state index in [0.29, 0.717) is 17.4 Å². The van der Waals surface area contributed by atoms with Crippen LogP contribution in [0.1, 0.15) is 290 Å². The second kappa shape index (κ2) is 48.1. The Morgan fingerprint density at radius 3 is 0.985 bits per heavy atom. The molecule has 388 valence electrons. The number of hydrogen-bond acceptors (Lipinski definition) is 7. The first-order valence-corrected chi connectivity index (χ1v) is 29.8. The Kier molecular flexibility index (Phi) is 47.3. The van der Waals surface area contributed by atoms with Gasteiger partial charge in [-0.15, -0.1) is 0 Å². The van der Waals surface area contributed by atoms with Crippen LogP contribution in [0.5, 0.6) is 0 Å². The third-order valence-electron chi connectivity index (χ3n) is 12.9. The molecule has 0 amide bonds. The van der Waals surface area contributed by atoms with E-state index in [2.05, 4.69) is 13.8 Å². The van der Waals surface area contributed by atoms with Gasteiger partial charge in [-0.2, -0.15) is 0 Å². The van der Waals surface area contributed by atoms with Gasteiger partial charge < -0.3 is 18.9 Å². The summed E-state index contributed by atoms with van der Waals surface area (Å²) in [5, 5.41) is 0. The Morgan fingerprint density at radius 1 is 0.415 bits per heavy atom. The van der Waals surface area contributed by atoms with E-state index in [4.69, 9.17) is 18.5 Å². The van der Waals surface area contributed by atoms with E-state index < -0.39 is 26.5 Å². The van der Waals surface area contributed by atoms with Crippen LogP contribution in [0.2, 0.25) is 0 Å². The molecule has 1 N–H and O–H groups in total. The van der Waals surface area contributed by atoms with Crippen LogP contribution >= 0.6 is 7.82 Å². The van der Waals surface area contributed by atoms with E-state index in [9.17, 15) is 19.0 Å². The number of nitrogens with zero attached hydrogens (tertiary/aromatic N) is 1. The van der Waals surface area contributed by atoms with Crippen molar-refractivity contribution < 1.29 is 42.1 Å². The van der Waals surface area contributed by atoms with Crippen LogP contribution in [-0.2, 0) is 32.7 Å². The van der Waals surface area contributed by atoms with Gasteiger partial charge in [-0.3, -0.25) is 18.6 Å². The second-order valence-corrected chi connectivity index (χ2v) is 22.1. The lowest BCUT2D eigenvalue weighted by atomic mass is 10.0. The highest BCUT2D eigenvalue weighted by atomic mass is 31.2. The van der Waals surface area contributed by atoms with Gasteiger partial charge in [-0.25, -0.2) is 4.57 Å². The number of hydrogen-bond donors (Lipinski definition) is 1. The molecule has 0 aromatic carbocycles. The highest BCUT2D eigenvalue weighted by Gasteiger charge is 2.27. The number of esters is 2. The first-order valence-electron chi connectivity index (χ1n) is 28.3. The largest absolute Gasteiger partial charge is 0.472 e. The molecule has 0 spiro atoms. The maximum Gasteiger partial charge on any atom is 0.472 e. The molecule has 0 aliphatic rings. The van der Waals surface area contributed by atoms with Crippen molar-refractivity contribution in [2.75, 3.05) is 47.5 Å². The molecule has 0 aliphatic carbocycles. The van der Waals surface area contributed by atoms with Crippen molar-refractivity contribution in [3.63, 3.8) is 0 Å². The molecular formula is C55H111NO8P+. The van der Waals surface area contributed by atoms with Gasteiger partial charge in [0.2, 0.25) is 0 Å². The van der Waals surface area contributed by atoms with Crippen molar-refractivity contribution >= 4 is 19.8 Å². The lowest BCUT2D eigenvalue weighted by Gasteiger charge is -2.24. The summed E-state index contributed by atoms with van der Waals surface area (Å²) in [6.07, 6.45) is 53.1. The molecule has 9 nitrogen and oxygen atoms in total. The fourth-order valence-corrected chi connectivity index (χ4v) is 9.23. The van der Waals surface area contributed by atoms with E-state index in [-0.39, 0.29) is 25.6 Å². The van der Waals surface area contributed by atoms with E-state index in [1.165, 1.54) is 225 Å². The molecule has 0 aliphatic heterocycles. The highest BCUT2D eigenvalue weighted by Crippen LogP contribution is 2.43. The predicted molar refractivity (Wildman–Crippen MR) is 275 cm³/mol. The second-order valence-electron chi connectivity index (χ2n) is 20.7. The van der Waals surface area contributed by atoms with Crippen LogP contribution in [0.4, 0.5) is 0 Å². The van der Waals surface area contributed by atoms with Crippen molar-refractivity contribution in [1.29, 1.82) is 0 Å². The van der Waals surface area contributed by atoms with Crippen molar-refractivity contribution in [2.24, 2.45) is 0 Å². The van der Waals surface area contributed by atoms with Crippen LogP contribution in [0.25, 0.3) is 0 Å². The monoisotopic (exact) mass is 945 g/mol. The number of carbonyl (C=O) groups is 2. The third-order valence-corrected chi connectivity index (χ3v) is 13.9. The summed E-state index contributed by atoms with van der Waals surface area (Å²) in [6.45, 7) is 4.50. The van der Waals surface area contributed by atoms with Gasteiger partial charge in [0, 0.05) is 12.8 Å². The van der Waals surface area contributed by atoms with Crippen LogP contribution in [0.15, 0.2) is 0 Å². The quantitative estimate of drug-likeness (QED) is 0.0278. The summed E-state index contributed by atoms with van der Waals surface area (Å²) < 4.78 is 34.5. The number of likely N-dealkylation sites (N-methyl/N-ethyl adjacent to an activating group) is 1. The van der Waals surface area contributed by atoms with Gasteiger partial charge in [0.05, 0.1) is 27.7 Å². The van der Waals surface area contributed by atoms with Gasteiger partial charge in [0.25, 0.3) is 0 Å². The zero-order valence-corrected chi connectivity index (χ0v) is 44.9. The number of phosphoric acid groups is 1. The normalized spacial score (nSPS) is 13.3. The lowest BCUT2D eigenvalue weighted by Crippen LogP contribution is -2.37. The number of unbranched alkanes of at least 4 members (excludes halogenated alkanes) is 39. The third kappa shape index (κ3) is 52.2. The number of rotatable bonds is 53. The fraction of sp³-hybridized carbons (Fsp3) is 0.964. The summed E-state index contributed by atoms with van der Waals surface area (Å²) in [5.41, 5.74) is 0. The topological polar surface area (TPSA) is 108 Å². The standard InChI is InChI=1S/C55H110NO8P/c1-6-8-10-12-14-16-18-20-22-23-24-25-26-27-28-29-30-31-32-34-36-38-40-42-44-46-48-55(58)64-53(52-63-65(59,60)62-50-49-56(3,4)5)51-61-54(57)47-45-43-41-39-37-35-33-21-19-17-15-13-11-9-7-2/h53H,6-52H2,1-5H3/p+1. The van der Waals surface area contributed by atoms with Gasteiger partial charge in [0.1, 0.15) is 19.8 Å². The Labute approximate surface area is 404 Å². The molecule has 0 rings (SSSR count). The first kappa shape index (κ1) is 64.0. The molecular weight excluding hydrogens is 834 g/mol. The SMILES string of the molecule is CCCCCCCCCCCCCCCCCCCCCCCCCCCCC(=O)OC(COC(=O)CCCCCCCCCCCCCCCCC)COP(=O)(O)OCC[N+](C)(C)C. The van der Waals surface area contributed by atoms with E-state index >= 15 is 0 Å². The van der Waals surface area contributed by atoms with Crippen molar-refractivity contribution in [3.05, 3.63) is 0 Å². The van der Waals surface area contributed by atoms with Crippen LogP contribution < -0.4 is 0 Å². The maximum atomic E-state index is 12.8. The van der Waals surface area contributed by atoms with Crippen LogP contribution in [0, 0.1) is 0 Å². The molecule has 0 bridgehead atoms. The molecule has 0 aromatic heterocycles. The van der Waals surface area contributed by atoms with E-state index in [1.807, 2.05) is 21.1 Å². The predicted octanol–water partition coefficient (Wildman–Crippen LogP) is 17.1. The maximum absolute atomic E-state index is 12.8. The molecule has 10 heteroatoms. The minimum atomic E-state index is -4.37. The molecule has 0 saturated heterocycles. The Bertz CT molecular complexity index is 1070. The minimum Gasteiger partial charge on any atom is -0.462 e. The summed E-state index contributed by atoms with van der Waals surface area (Å²) in [6, 6.07) is 0. The molecule has 2 unspecified atom stereocenters. The van der Waals surface area contributed by atoms with E-state index in [0.717, 1.165) is 38.5 Å². The molecule has 65 heavy (non-hydrogen) atoms. The number of ether oxygens (including phenoxy) is 2. The zero-order chi connectivity index (χ0) is 47.8. The molecule has 0 heterocycles. The Hall–Kier alpha value is -0.990. The minimum absolute atomic E-state index is 0.0373. The highest BCUT2D eigenvalue weighted by molar-refractivity contribution is 7.47. The van der Waals surface area contributed by atoms with Gasteiger partial charge in [-0.1, -0.05) is 264 Å². The Morgan fingerprint density at radius 2 is 0.692 bits per heavy atom. The number of phosphoric ester groups is 1. The van der Waals surface area contributed by atoms with Gasteiger partial charge in [0.15, 0.2) is 6.10 Å². The number of carbonyl (C=O) groups excluding carboxylic acids is 2. The molecule has 2 atom stereocenters. The zero-order valence-electron chi connectivity index (χ0n) is 44.0. The lowest BCUT2D eigenvalue weighted by molar-refractivity contribution is -0.870. The summed E-state index contributed by atoms with van der Waals surface area (Å²) in [7, 11) is 1.50. The van der Waals surface area contributed by atoms with Crippen LogP contribution in [0.3, 0.4) is 0 Å². The molecule has 0 fully saturated rings. The average molecular weight is 945 g/mol. The molecule has 0 saturated carbocycles. The summed E-state index contributed by atoms with van der Waals surface area (Å²) >= 11 is 0. The van der Waals surface area contributed by atoms with Gasteiger partial charge in [-0.05, 0) is 12.8 Å². The molecule has 0 radical (unpaired) electrons. The average Bonchev–Trinajstić information content (AvgIpc) is 3.26. The van der Waals surface area contributed by atoms with Crippen molar-refractivity contribution in [3.8, 4) is 0 Å². The number of quaternary nitrogens is 1.